The van der Waals surface area contributed by atoms with E-state index in [1.54, 1.807) is 4.31 Å². The van der Waals surface area contributed by atoms with E-state index in [0.29, 0.717) is 32.6 Å². The highest BCUT2D eigenvalue weighted by atomic mass is 32.2. The molecule has 2 aliphatic heterocycles. The summed E-state index contributed by atoms with van der Waals surface area (Å²) in [6.07, 6.45) is 6.46. The molecule has 3 aliphatic rings. The molecule has 2 heterocycles. The zero-order chi connectivity index (χ0) is 17.3. The first-order valence-corrected chi connectivity index (χ1v) is 10.9. The third-order valence-corrected chi connectivity index (χ3v) is 8.47. The number of sulfonamides is 1. The second-order valence-electron chi connectivity index (χ2n) is 7.83. The van der Waals surface area contributed by atoms with Crippen LogP contribution in [-0.4, -0.2) is 61.0 Å². The Morgan fingerprint density at radius 1 is 1.12 bits per heavy atom. The lowest BCUT2D eigenvalue weighted by atomic mass is 10.0. The van der Waals surface area contributed by atoms with Gasteiger partial charge in [-0.2, -0.15) is 4.31 Å². The summed E-state index contributed by atoms with van der Waals surface area (Å²) in [5.41, 5.74) is 5.74. The Kier molecular flexibility index (Phi) is 5.52. The summed E-state index contributed by atoms with van der Waals surface area (Å²) >= 11 is 0. The molecule has 6 nitrogen and oxygen atoms in total. The smallest absolute Gasteiger partial charge is 0.225 e. The molecule has 1 amide bonds. The SMILES string of the molecule is CC1CC(CN)CN1S(=O)(=O)C1CCCN(C(=O)C2CCCC2)C1. The summed E-state index contributed by atoms with van der Waals surface area (Å²) < 4.78 is 27.8. The van der Waals surface area contributed by atoms with Crippen LogP contribution in [0, 0.1) is 11.8 Å². The van der Waals surface area contributed by atoms with Gasteiger partial charge in [0.1, 0.15) is 0 Å². The third-order valence-electron chi connectivity index (χ3n) is 6.08. The molecule has 0 aromatic rings. The number of hydrogen-bond acceptors (Lipinski definition) is 4. The van der Waals surface area contributed by atoms with Crippen LogP contribution in [0.1, 0.15) is 51.9 Å². The highest BCUT2D eigenvalue weighted by molar-refractivity contribution is 7.89. The zero-order valence-electron chi connectivity index (χ0n) is 14.7. The van der Waals surface area contributed by atoms with Gasteiger partial charge in [0, 0.05) is 31.6 Å². The van der Waals surface area contributed by atoms with E-state index in [1.165, 1.54) is 0 Å². The molecule has 138 valence electrons. The van der Waals surface area contributed by atoms with Gasteiger partial charge in [-0.3, -0.25) is 4.79 Å². The standard InChI is InChI=1S/C17H31N3O3S/c1-13-9-14(10-18)11-20(13)24(22,23)16-7-4-8-19(12-16)17(21)15-5-2-3-6-15/h13-16H,2-12,18H2,1H3. The van der Waals surface area contributed by atoms with E-state index in [-0.39, 0.29) is 23.8 Å². The van der Waals surface area contributed by atoms with Gasteiger partial charge < -0.3 is 10.6 Å². The second kappa shape index (κ2) is 7.30. The maximum Gasteiger partial charge on any atom is 0.225 e. The van der Waals surface area contributed by atoms with E-state index in [4.69, 9.17) is 5.73 Å². The van der Waals surface area contributed by atoms with E-state index in [9.17, 15) is 13.2 Å². The first-order valence-electron chi connectivity index (χ1n) is 9.43. The first kappa shape index (κ1) is 18.1. The Bertz CT molecular complexity index is 559. The summed E-state index contributed by atoms with van der Waals surface area (Å²) in [7, 11) is -3.36. The fourth-order valence-electron chi connectivity index (χ4n) is 4.64. The van der Waals surface area contributed by atoms with E-state index in [1.807, 2.05) is 11.8 Å². The highest BCUT2D eigenvalue weighted by Gasteiger charge is 2.43. The monoisotopic (exact) mass is 357 g/mol. The van der Waals surface area contributed by atoms with Crippen LogP contribution in [0.2, 0.25) is 0 Å². The van der Waals surface area contributed by atoms with Gasteiger partial charge in [-0.1, -0.05) is 12.8 Å². The number of piperidine rings is 1. The van der Waals surface area contributed by atoms with E-state index in [2.05, 4.69) is 0 Å². The fraction of sp³-hybridized carbons (Fsp3) is 0.941. The minimum absolute atomic E-state index is 0.0180. The van der Waals surface area contributed by atoms with Gasteiger partial charge in [0.25, 0.3) is 0 Å². The summed E-state index contributed by atoms with van der Waals surface area (Å²) in [5, 5.41) is -0.449. The van der Waals surface area contributed by atoms with Crippen molar-refractivity contribution in [1.29, 1.82) is 0 Å². The van der Waals surface area contributed by atoms with Crippen LogP contribution in [0.25, 0.3) is 0 Å². The molecule has 1 saturated carbocycles. The van der Waals surface area contributed by atoms with Crippen LogP contribution in [0.5, 0.6) is 0 Å². The molecule has 3 rings (SSSR count). The Labute approximate surface area is 145 Å². The van der Waals surface area contributed by atoms with E-state index in [0.717, 1.165) is 38.5 Å². The quantitative estimate of drug-likeness (QED) is 0.818. The number of rotatable bonds is 4. The molecule has 0 aromatic heterocycles. The summed E-state index contributed by atoms with van der Waals surface area (Å²) in [4.78, 5) is 14.5. The Balaban J connectivity index is 1.68. The van der Waals surface area contributed by atoms with Crippen molar-refractivity contribution in [1.82, 2.24) is 9.21 Å². The summed E-state index contributed by atoms with van der Waals surface area (Å²) in [6, 6.07) is 0.0180. The van der Waals surface area contributed by atoms with Crippen LogP contribution in [0.4, 0.5) is 0 Å². The average molecular weight is 358 g/mol. The van der Waals surface area contributed by atoms with Crippen LogP contribution in [0.3, 0.4) is 0 Å². The van der Waals surface area contributed by atoms with Crippen molar-refractivity contribution in [3.05, 3.63) is 0 Å². The fourth-order valence-corrected chi connectivity index (χ4v) is 6.86. The van der Waals surface area contributed by atoms with Gasteiger partial charge in [-0.15, -0.1) is 0 Å². The third kappa shape index (κ3) is 3.48. The van der Waals surface area contributed by atoms with Gasteiger partial charge in [0.05, 0.1) is 5.25 Å². The first-order chi connectivity index (χ1) is 11.4. The number of carbonyl (C=O) groups is 1. The van der Waals surface area contributed by atoms with Crippen molar-refractivity contribution < 1.29 is 13.2 Å². The van der Waals surface area contributed by atoms with Crippen molar-refractivity contribution in [3.63, 3.8) is 0 Å². The Hall–Kier alpha value is -0.660. The second-order valence-corrected chi connectivity index (χ2v) is 10.00. The maximum absolute atomic E-state index is 13.1. The van der Waals surface area contributed by atoms with E-state index < -0.39 is 15.3 Å². The number of hydrogen-bond donors (Lipinski definition) is 1. The minimum Gasteiger partial charge on any atom is -0.341 e. The number of amides is 1. The molecule has 24 heavy (non-hydrogen) atoms. The highest BCUT2D eigenvalue weighted by Crippen LogP contribution is 2.32. The molecule has 0 bridgehead atoms. The van der Waals surface area contributed by atoms with Crippen LogP contribution in [0.15, 0.2) is 0 Å². The number of likely N-dealkylation sites (tertiary alicyclic amines) is 1. The minimum atomic E-state index is -3.36. The number of nitrogens with two attached hydrogens (primary N) is 1. The van der Waals surface area contributed by atoms with Gasteiger partial charge >= 0.3 is 0 Å². The zero-order valence-corrected chi connectivity index (χ0v) is 15.5. The molecule has 3 atom stereocenters. The molecule has 2 N–H and O–H groups in total. The average Bonchev–Trinajstić information content (AvgIpc) is 3.24. The summed E-state index contributed by atoms with van der Waals surface area (Å²) in [5.74, 6) is 0.565. The van der Waals surface area contributed by atoms with Crippen molar-refractivity contribution in [2.45, 2.75) is 63.2 Å². The van der Waals surface area contributed by atoms with Crippen LogP contribution in [-0.2, 0) is 14.8 Å². The van der Waals surface area contributed by atoms with Gasteiger partial charge in [0.15, 0.2) is 0 Å². The van der Waals surface area contributed by atoms with Crippen molar-refractivity contribution in [2.24, 2.45) is 17.6 Å². The number of nitrogens with zero attached hydrogens (tertiary/aromatic N) is 2. The number of carbonyl (C=O) groups excluding carboxylic acids is 1. The van der Waals surface area contributed by atoms with Crippen molar-refractivity contribution >= 4 is 15.9 Å². The molecular formula is C17H31N3O3S. The van der Waals surface area contributed by atoms with Crippen molar-refractivity contribution in [3.8, 4) is 0 Å². The van der Waals surface area contributed by atoms with Crippen molar-refractivity contribution in [2.75, 3.05) is 26.2 Å². The predicted octanol–water partition coefficient (Wildman–Crippen LogP) is 1.17. The predicted molar refractivity (Wildman–Crippen MR) is 93.8 cm³/mol. The molecule has 3 unspecified atom stereocenters. The van der Waals surface area contributed by atoms with Crippen LogP contribution >= 0.6 is 0 Å². The Morgan fingerprint density at radius 3 is 2.46 bits per heavy atom. The largest absolute Gasteiger partial charge is 0.341 e. The lowest BCUT2D eigenvalue weighted by molar-refractivity contribution is -0.136. The molecule has 2 saturated heterocycles. The lowest BCUT2D eigenvalue weighted by Gasteiger charge is -2.36. The summed E-state index contributed by atoms with van der Waals surface area (Å²) in [6.45, 7) is 4.12. The van der Waals surface area contributed by atoms with Gasteiger partial charge in [-0.05, 0) is 51.5 Å². The molecule has 0 spiro atoms. The molecule has 7 heteroatoms. The molecule has 0 aromatic carbocycles. The molecule has 1 aliphatic carbocycles. The maximum atomic E-state index is 13.1. The Morgan fingerprint density at radius 2 is 1.83 bits per heavy atom. The topological polar surface area (TPSA) is 83.7 Å². The van der Waals surface area contributed by atoms with Gasteiger partial charge in [0.2, 0.25) is 15.9 Å². The molecule has 3 fully saturated rings. The molecular weight excluding hydrogens is 326 g/mol. The van der Waals surface area contributed by atoms with E-state index >= 15 is 0 Å². The normalized spacial score (nSPS) is 33.2. The molecule has 0 radical (unpaired) electrons. The lowest BCUT2D eigenvalue weighted by Crippen LogP contribution is -2.51. The van der Waals surface area contributed by atoms with Crippen LogP contribution < -0.4 is 5.73 Å². The van der Waals surface area contributed by atoms with Gasteiger partial charge in [-0.25, -0.2) is 8.42 Å².